The molecule has 1 aliphatic rings. The zero-order valence-corrected chi connectivity index (χ0v) is 9.79. The number of hydrogen-bond donors (Lipinski definition) is 1. The number of ether oxygens (including phenoxy) is 1. The average Bonchev–Trinajstić information content (AvgIpc) is 2.24. The molecule has 1 aliphatic heterocycles. The quantitative estimate of drug-likeness (QED) is 0.677. The molecular weight excluding hydrogens is 192 g/mol. The van der Waals surface area contributed by atoms with Gasteiger partial charge in [-0.2, -0.15) is 0 Å². The van der Waals surface area contributed by atoms with Crippen molar-refractivity contribution in [2.45, 2.75) is 19.3 Å². The summed E-state index contributed by atoms with van der Waals surface area (Å²) in [6.07, 6.45) is 3.05. The molecule has 1 saturated heterocycles. The van der Waals surface area contributed by atoms with Gasteiger partial charge in [-0.1, -0.05) is 0 Å². The second kappa shape index (κ2) is 6.80. The Morgan fingerprint density at radius 3 is 3.07 bits per heavy atom. The fourth-order valence-electron chi connectivity index (χ4n) is 1.95. The topological polar surface area (TPSA) is 41.6 Å². The van der Waals surface area contributed by atoms with Crippen LogP contribution in [-0.4, -0.2) is 51.2 Å². The monoisotopic (exact) mass is 214 g/mol. The van der Waals surface area contributed by atoms with E-state index in [1.165, 1.54) is 0 Å². The lowest BCUT2D eigenvalue weighted by atomic mass is 9.97. The summed E-state index contributed by atoms with van der Waals surface area (Å²) in [5, 5.41) is 2.96. The van der Waals surface area contributed by atoms with Crippen molar-refractivity contribution >= 4 is 5.91 Å². The fourth-order valence-corrected chi connectivity index (χ4v) is 1.95. The number of nitrogens with zero attached hydrogens (tertiary/aromatic N) is 1. The molecule has 1 amide bonds. The van der Waals surface area contributed by atoms with E-state index >= 15 is 0 Å². The second-order valence-corrected chi connectivity index (χ2v) is 4.24. The van der Waals surface area contributed by atoms with Gasteiger partial charge >= 0.3 is 0 Å². The molecule has 0 aromatic heterocycles. The number of rotatable bonds is 5. The van der Waals surface area contributed by atoms with Crippen LogP contribution in [0.25, 0.3) is 0 Å². The van der Waals surface area contributed by atoms with E-state index in [0.29, 0.717) is 6.61 Å². The van der Waals surface area contributed by atoms with Crippen molar-refractivity contribution in [1.82, 2.24) is 10.2 Å². The van der Waals surface area contributed by atoms with Crippen LogP contribution < -0.4 is 5.32 Å². The smallest absolute Gasteiger partial charge is 0.224 e. The zero-order chi connectivity index (χ0) is 11.1. The molecule has 0 saturated carbocycles. The highest BCUT2D eigenvalue weighted by atomic mass is 16.5. The maximum atomic E-state index is 11.7. The third-order valence-electron chi connectivity index (χ3n) is 2.82. The number of carbonyl (C=O) groups is 1. The minimum atomic E-state index is 0.186. The van der Waals surface area contributed by atoms with Crippen LogP contribution in [0.2, 0.25) is 0 Å². The van der Waals surface area contributed by atoms with Gasteiger partial charge in [0.05, 0.1) is 5.92 Å². The Morgan fingerprint density at radius 1 is 1.60 bits per heavy atom. The third kappa shape index (κ3) is 4.62. The minimum Gasteiger partial charge on any atom is -0.385 e. The van der Waals surface area contributed by atoms with Gasteiger partial charge in [-0.05, 0) is 32.9 Å². The van der Waals surface area contributed by atoms with Gasteiger partial charge in [0.1, 0.15) is 0 Å². The normalized spacial score (nSPS) is 22.7. The maximum absolute atomic E-state index is 11.7. The molecule has 1 heterocycles. The van der Waals surface area contributed by atoms with Crippen molar-refractivity contribution in [2.75, 3.05) is 40.4 Å². The van der Waals surface area contributed by atoms with Crippen molar-refractivity contribution in [2.24, 2.45) is 5.92 Å². The van der Waals surface area contributed by atoms with Crippen molar-refractivity contribution < 1.29 is 9.53 Å². The van der Waals surface area contributed by atoms with E-state index in [1.54, 1.807) is 7.11 Å². The lowest BCUT2D eigenvalue weighted by molar-refractivity contribution is -0.126. The number of nitrogens with one attached hydrogen (secondary N) is 1. The molecule has 4 heteroatoms. The first-order valence-corrected chi connectivity index (χ1v) is 5.69. The highest BCUT2D eigenvalue weighted by molar-refractivity contribution is 5.78. The number of piperidine rings is 1. The molecule has 0 aromatic rings. The van der Waals surface area contributed by atoms with Gasteiger partial charge in [0.2, 0.25) is 5.91 Å². The van der Waals surface area contributed by atoms with Gasteiger partial charge in [0.25, 0.3) is 0 Å². The Kier molecular flexibility index (Phi) is 5.65. The molecule has 0 unspecified atom stereocenters. The summed E-state index contributed by atoms with van der Waals surface area (Å²) >= 11 is 0. The second-order valence-electron chi connectivity index (χ2n) is 4.24. The molecule has 0 bridgehead atoms. The van der Waals surface area contributed by atoms with Gasteiger partial charge in [0.15, 0.2) is 0 Å². The molecule has 88 valence electrons. The SMILES string of the molecule is COCCCNC(=O)[C@H]1CCCN(C)C1. The number of likely N-dealkylation sites (tertiary alicyclic amines) is 1. The summed E-state index contributed by atoms with van der Waals surface area (Å²) in [6, 6.07) is 0. The van der Waals surface area contributed by atoms with Crippen LogP contribution in [0.3, 0.4) is 0 Å². The molecule has 0 spiro atoms. The Bertz CT molecular complexity index is 197. The van der Waals surface area contributed by atoms with E-state index in [0.717, 1.165) is 38.9 Å². The Hall–Kier alpha value is -0.610. The predicted molar refractivity (Wildman–Crippen MR) is 59.7 cm³/mol. The van der Waals surface area contributed by atoms with Crippen LogP contribution in [0.1, 0.15) is 19.3 Å². The van der Waals surface area contributed by atoms with Gasteiger partial charge in [-0.25, -0.2) is 0 Å². The van der Waals surface area contributed by atoms with Crippen LogP contribution in [0.15, 0.2) is 0 Å². The Morgan fingerprint density at radius 2 is 2.40 bits per heavy atom. The first-order chi connectivity index (χ1) is 7.24. The first-order valence-electron chi connectivity index (χ1n) is 5.69. The Labute approximate surface area is 92.0 Å². The lowest BCUT2D eigenvalue weighted by Crippen LogP contribution is -2.41. The molecule has 15 heavy (non-hydrogen) atoms. The Balaban J connectivity index is 2.15. The first kappa shape index (κ1) is 12.5. The summed E-state index contributed by atoms with van der Waals surface area (Å²) < 4.78 is 4.93. The van der Waals surface area contributed by atoms with Crippen LogP contribution in [-0.2, 0) is 9.53 Å². The van der Waals surface area contributed by atoms with Crippen LogP contribution in [0.4, 0.5) is 0 Å². The van der Waals surface area contributed by atoms with E-state index in [1.807, 2.05) is 0 Å². The number of hydrogen-bond acceptors (Lipinski definition) is 3. The van der Waals surface area contributed by atoms with Crippen molar-refractivity contribution in [3.8, 4) is 0 Å². The molecule has 1 atom stereocenters. The molecule has 0 aromatic carbocycles. The molecule has 1 fully saturated rings. The number of amides is 1. The van der Waals surface area contributed by atoms with Gasteiger partial charge < -0.3 is 15.0 Å². The highest BCUT2D eigenvalue weighted by Gasteiger charge is 2.23. The summed E-state index contributed by atoms with van der Waals surface area (Å²) in [7, 11) is 3.75. The molecule has 0 radical (unpaired) electrons. The summed E-state index contributed by atoms with van der Waals surface area (Å²) in [6.45, 7) is 3.46. The molecule has 1 N–H and O–H groups in total. The minimum absolute atomic E-state index is 0.186. The van der Waals surface area contributed by atoms with E-state index in [2.05, 4.69) is 17.3 Å². The summed E-state index contributed by atoms with van der Waals surface area (Å²) in [5.41, 5.74) is 0. The van der Waals surface area contributed by atoms with Crippen molar-refractivity contribution in [3.05, 3.63) is 0 Å². The van der Waals surface area contributed by atoms with Crippen molar-refractivity contribution in [1.29, 1.82) is 0 Å². The number of methoxy groups -OCH3 is 1. The summed E-state index contributed by atoms with van der Waals surface area (Å²) in [4.78, 5) is 14.0. The van der Waals surface area contributed by atoms with E-state index in [-0.39, 0.29) is 11.8 Å². The van der Waals surface area contributed by atoms with E-state index in [4.69, 9.17) is 4.74 Å². The van der Waals surface area contributed by atoms with Crippen LogP contribution in [0, 0.1) is 5.92 Å². The highest BCUT2D eigenvalue weighted by Crippen LogP contribution is 2.14. The zero-order valence-electron chi connectivity index (χ0n) is 9.79. The lowest BCUT2D eigenvalue weighted by Gasteiger charge is -2.28. The van der Waals surface area contributed by atoms with E-state index in [9.17, 15) is 4.79 Å². The van der Waals surface area contributed by atoms with Gasteiger partial charge in [0, 0.05) is 26.8 Å². The predicted octanol–water partition coefficient (Wildman–Crippen LogP) is 0.481. The van der Waals surface area contributed by atoms with Gasteiger partial charge in [-0.15, -0.1) is 0 Å². The molecule has 4 nitrogen and oxygen atoms in total. The molecular formula is C11H22N2O2. The maximum Gasteiger partial charge on any atom is 0.224 e. The summed E-state index contributed by atoms with van der Waals surface area (Å²) in [5.74, 6) is 0.393. The largest absolute Gasteiger partial charge is 0.385 e. The van der Waals surface area contributed by atoms with Gasteiger partial charge in [-0.3, -0.25) is 4.79 Å². The number of carbonyl (C=O) groups excluding carboxylic acids is 1. The fraction of sp³-hybridized carbons (Fsp3) is 0.909. The molecule has 0 aliphatic carbocycles. The average molecular weight is 214 g/mol. The van der Waals surface area contributed by atoms with Crippen LogP contribution >= 0.6 is 0 Å². The third-order valence-corrected chi connectivity index (χ3v) is 2.82. The van der Waals surface area contributed by atoms with E-state index < -0.39 is 0 Å². The molecule has 1 rings (SSSR count). The van der Waals surface area contributed by atoms with Crippen LogP contribution in [0.5, 0.6) is 0 Å². The van der Waals surface area contributed by atoms with Crippen molar-refractivity contribution in [3.63, 3.8) is 0 Å². The standard InChI is InChI=1S/C11H22N2O2/c1-13-7-3-5-10(9-13)11(14)12-6-4-8-15-2/h10H,3-9H2,1-2H3,(H,12,14)/t10-/m0/s1.